The fraction of sp³-hybridized carbons (Fsp3) is 0.391. The van der Waals surface area contributed by atoms with Crippen LogP contribution in [0.4, 0.5) is 5.82 Å². The predicted octanol–water partition coefficient (Wildman–Crippen LogP) is 0.997. The summed E-state index contributed by atoms with van der Waals surface area (Å²) in [6, 6.07) is 15.8. The monoisotopic (exact) mass is 406 g/mol. The molecule has 1 atom stereocenters. The van der Waals surface area contributed by atoms with Crippen LogP contribution < -0.4 is 10.5 Å². The Labute approximate surface area is 174 Å². The van der Waals surface area contributed by atoms with Crippen molar-refractivity contribution in [3.8, 4) is 0 Å². The first-order valence-corrected chi connectivity index (χ1v) is 10.5. The number of aliphatic hydroxyl groups is 2. The van der Waals surface area contributed by atoms with Crippen molar-refractivity contribution in [3.63, 3.8) is 0 Å². The molecule has 2 aliphatic rings. The summed E-state index contributed by atoms with van der Waals surface area (Å²) in [7, 11) is 0. The second kappa shape index (κ2) is 7.83. The average Bonchev–Trinajstić information content (AvgIpc) is 2.74. The number of hydrogen-bond donors (Lipinski definition) is 2. The summed E-state index contributed by atoms with van der Waals surface area (Å²) in [5, 5.41) is 26.4. The van der Waals surface area contributed by atoms with Gasteiger partial charge in [-0.25, -0.2) is 4.68 Å². The van der Waals surface area contributed by atoms with Crippen molar-refractivity contribution in [2.75, 3.05) is 31.1 Å². The summed E-state index contributed by atoms with van der Waals surface area (Å²) in [5.74, 6) is 0.689. The van der Waals surface area contributed by atoms with E-state index in [1.54, 1.807) is 6.07 Å². The lowest BCUT2D eigenvalue weighted by molar-refractivity contribution is 0.0876. The van der Waals surface area contributed by atoms with Crippen molar-refractivity contribution in [3.05, 3.63) is 70.0 Å². The van der Waals surface area contributed by atoms with Gasteiger partial charge in [0.05, 0.1) is 24.1 Å². The minimum Gasteiger partial charge on any atom is -0.390 e. The van der Waals surface area contributed by atoms with Crippen LogP contribution in [0.2, 0.25) is 0 Å². The fourth-order valence-corrected chi connectivity index (χ4v) is 4.47. The molecule has 0 aliphatic carbocycles. The lowest BCUT2D eigenvalue weighted by atomic mass is 10.00. The Balaban J connectivity index is 1.36. The van der Waals surface area contributed by atoms with Crippen LogP contribution in [-0.4, -0.2) is 63.3 Å². The first-order chi connectivity index (χ1) is 14.6. The molecule has 1 aromatic heterocycles. The summed E-state index contributed by atoms with van der Waals surface area (Å²) in [4.78, 5) is 17.2. The number of β-amino-alcohol motifs (C(OH)–C–C–N with tert-alkyl or cyclic N) is 2. The van der Waals surface area contributed by atoms with Crippen LogP contribution >= 0.6 is 0 Å². The molecule has 0 unspecified atom stereocenters. The molecule has 0 radical (unpaired) electrons. The molecule has 5 rings (SSSR count). The third-order valence-corrected chi connectivity index (χ3v) is 6.07. The lowest BCUT2D eigenvalue weighted by Crippen LogP contribution is -2.52. The molecule has 2 aliphatic heterocycles. The zero-order valence-corrected chi connectivity index (χ0v) is 16.8. The van der Waals surface area contributed by atoms with Crippen LogP contribution in [-0.2, 0) is 19.5 Å². The molecular formula is C23H26N4O3. The Morgan fingerprint density at radius 3 is 2.47 bits per heavy atom. The molecule has 0 amide bonds. The number of anilines is 1. The number of rotatable bonds is 5. The molecule has 7 nitrogen and oxygen atoms in total. The summed E-state index contributed by atoms with van der Waals surface area (Å²) in [6.07, 6.45) is -0.0895. The molecule has 0 saturated carbocycles. The zero-order valence-electron chi connectivity index (χ0n) is 16.8. The summed E-state index contributed by atoms with van der Waals surface area (Å²) < 4.78 is 1.38. The Bertz CT molecular complexity index is 1120. The summed E-state index contributed by atoms with van der Waals surface area (Å²) >= 11 is 0. The van der Waals surface area contributed by atoms with Gasteiger partial charge in [0.25, 0.3) is 5.56 Å². The molecule has 1 fully saturated rings. The van der Waals surface area contributed by atoms with Gasteiger partial charge in [-0.15, -0.1) is 0 Å². The topological polar surface area (TPSA) is 81.8 Å². The maximum atomic E-state index is 13.0. The first-order valence-electron chi connectivity index (χ1n) is 10.5. The largest absolute Gasteiger partial charge is 0.390 e. The van der Waals surface area contributed by atoms with E-state index in [1.165, 1.54) is 15.8 Å². The highest BCUT2D eigenvalue weighted by Crippen LogP contribution is 2.26. The average molecular weight is 406 g/mol. The number of fused-ring (bicyclic) bond motifs is 2. The molecule has 30 heavy (non-hydrogen) atoms. The molecule has 156 valence electrons. The van der Waals surface area contributed by atoms with Gasteiger partial charge >= 0.3 is 0 Å². The van der Waals surface area contributed by atoms with E-state index in [-0.39, 0.29) is 18.2 Å². The zero-order chi connectivity index (χ0) is 20.7. The van der Waals surface area contributed by atoms with Crippen LogP contribution in [0, 0.1) is 0 Å². The second-order valence-corrected chi connectivity index (χ2v) is 8.32. The van der Waals surface area contributed by atoms with Gasteiger partial charge in [-0.2, -0.15) is 5.10 Å². The van der Waals surface area contributed by atoms with Crippen LogP contribution in [0.3, 0.4) is 0 Å². The molecule has 3 heterocycles. The fourth-order valence-electron chi connectivity index (χ4n) is 4.47. The maximum absolute atomic E-state index is 13.0. The van der Waals surface area contributed by atoms with Crippen molar-refractivity contribution in [2.45, 2.75) is 31.7 Å². The molecule has 2 aromatic carbocycles. The van der Waals surface area contributed by atoms with Crippen molar-refractivity contribution in [2.24, 2.45) is 0 Å². The van der Waals surface area contributed by atoms with Crippen molar-refractivity contribution < 1.29 is 10.2 Å². The van der Waals surface area contributed by atoms with Gasteiger partial charge in [0.2, 0.25) is 0 Å². The lowest BCUT2D eigenvalue weighted by Gasteiger charge is -2.37. The maximum Gasteiger partial charge on any atom is 0.274 e. The smallest absolute Gasteiger partial charge is 0.274 e. The predicted molar refractivity (Wildman–Crippen MR) is 116 cm³/mol. The van der Waals surface area contributed by atoms with E-state index in [9.17, 15) is 15.0 Å². The second-order valence-electron chi connectivity index (χ2n) is 8.32. The SMILES string of the molecule is O=c1c2ccccc2c(N2CC(O)C2)nn1C[C@H](O)CN1CCc2ccccc2C1. The van der Waals surface area contributed by atoms with Gasteiger partial charge in [0, 0.05) is 38.1 Å². The highest BCUT2D eigenvalue weighted by Gasteiger charge is 2.28. The Morgan fingerprint density at radius 1 is 1.00 bits per heavy atom. The third kappa shape index (κ3) is 3.60. The van der Waals surface area contributed by atoms with Crippen LogP contribution in [0.15, 0.2) is 53.3 Å². The minimum atomic E-state index is -0.698. The number of aliphatic hydroxyl groups excluding tert-OH is 2. The van der Waals surface area contributed by atoms with E-state index in [0.717, 1.165) is 24.9 Å². The molecule has 0 spiro atoms. The van der Waals surface area contributed by atoms with Crippen LogP contribution in [0.5, 0.6) is 0 Å². The van der Waals surface area contributed by atoms with E-state index in [2.05, 4.69) is 28.2 Å². The first kappa shape index (κ1) is 19.2. The summed E-state index contributed by atoms with van der Waals surface area (Å²) in [6.45, 7) is 3.35. The molecule has 1 saturated heterocycles. The molecule has 7 heteroatoms. The Hall–Kier alpha value is -2.74. The van der Waals surface area contributed by atoms with Gasteiger partial charge in [0.15, 0.2) is 5.82 Å². The van der Waals surface area contributed by atoms with E-state index in [0.29, 0.717) is 30.8 Å². The Kier molecular flexibility index (Phi) is 5.02. The van der Waals surface area contributed by atoms with E-state index in [1.807, 2.05) is 29.2 Å². The van der Waals surface area contributed by atoms with Crippen molar-refractivity contribution in [1.29, 1.82) is 0 Å². The van der Waals surface area contributed by atoms with Crippen molar-refractivity contribution in [1.82, 2.24) is 14.7 Å². The molecule has 2 N–H and O–H groups in total. The standard InChI is InChI=1S/C23H26N4O3/c28-18(12-25-10-9-16-5-1-2-6-17(16)11-25)15-27-23(30)21-8-4-3-7-20(21)22(24-27)26-13-19(29)14-26/h1-8,18-19,28-29H,9-15H2/t18-/m1/s1. The van der Waals surface area contributed by atoms with Crippen LogP contribution in [0.25, 0.3) is 10.8 Å². The summed E-state index contributed by atoms with van der Waals surface area (Å²) in [5.41, 5.74) is 2.48. The highest BCUT2D eigenvalue weighted by molar-refractivity contribution is 5.91. The van der Waals surface area contributed by atoms with Gasteiger partial charge in [-0.3, -0.25) is 9.69 Å². The number of benzene rings is 2. The van der Waals surface area contributed by atoms with Gasteiger partial charge in [-0.05, 0) is 23.6 Å². The van der Waals surface area contributed by atoms with E-state index >= 15 is 0 Å². The number of aromatic nitrogens is 2. The van der Waals surface area contributed by atoms with Gasteiger partial charge in [-0.1, -0.05) is 42.5 Å². The van der Waals surface area contributed by atoms with Gasteiger partial charge in [0.1, 0.15) is 0 Å². The normalized spacial score (nSPS) is 18.3. The molecular weight excluding hydrogens is 380 g/mol. The third-order valence-electron chi connectivity index (χ3n) is 6.07. The van der Waals surface area contributed by atoms with Crippen LogP contribution in [0.1, 0.15) is 11.1 Å². The Morgan fingerprint density at radius 2 is 1.70 bits per heavy atom. The van der Waals surface area contributed by atoms with Crippen molar-refractivity contribution >= 4 is 16.6 Å². The van der Waals surface area contributed by atoms with E-state index < -0.39 is 6.10 Å². The van der Waals surface area contributed by atoms with Gasteiger partial charge < -0.3 is 15.1 Å². The molecule has 0 bridgehead atoms. The minimum absolute atomic E-state index is 0.144. The quantitative estimate of drug-likeness (QED) is 0.658. The number of hydrogen-bond acceptors (Lipinski definition) is 6. The van der Waals surface area contributed by atoms with E-state index in [4.69, 9.17) is 0 Å². The highest BCUT2D eigenvalue weighted by atomic mass is 16.3. The number of nitrogens with zero attached hydrogens (tertiary/aromatic N) is 4. The molecule has 3 aromatic rings.